The smallest absolute Gasteiger partial charge is 0.330 e. The largest absolute Gasteiger partial charge is 0.416 e. The van der Waals surface area contributed by atoms with E-state index in [1.807, 2.05) is 31.2 Å². The number of hydrogen-bond acceptors (Lipinski definition) is 6. The lowest BCUT2D eigenvalue weighted by Gasteiger charge is -2.08. The molecule has 5 N–H and O–H groups in total. The van der Waals surface area contributed by atoms with E-state index in [4.69, 9.17) is 11.5 Å². The lowest BCUT2D eigenvalue weighted by molar-refractivity contribution is -0.137. The third kappa shape index (κ3) is 7.70. The number of benzene rings is 2. The molecule has 0 aliphatic carbocycles. The third-order valence-electron chi connectivity index (χ3n) is 4.00. The van der Waals surface area contributed by atoms with Gasteiger partial charge in [0.05, 0.1) is 5.56 Å². The number of rotatable bonds is 5. The quantitative estimate of drug-likeness (QED) is 0.501. The van der Waals surface area contributed by atoms with Gasteiger partial charge in [-0.3, -0.25) is 4.79 Å². The van der Waals surface area contributed by atoms with Crippen LogP contribution in [-0.2, 0) is 12.6 Å². The van der Waals surface area contributed by atoms with Crippen molar-refractivity contribution >= 4 is 23.1 Å². The summed E-state index contributed by atoms with van der Waals surface area (Å²) in [6.45, 7) is 2.11. The fraction of sp³-hybridized carbons (Fsp3) is 0.250. The summed E-state index contributed by atoms with van der Waals surface area (Å²) < 4.78 is 52.9. The van der Waals surface area contributed by atoms with Crippen molar-refractivity contribution in [2.45, 2.75) is 25.6 Å². The fourth-order valence-electron chi connectivity index (χ4n) is 2.45. The number of alkyl halides is 3. The minimum Gasteiger partial charge on any atom is -0.330 e. The van der Waals surface area contributed by atoms with Crippen molar-refractivity contribution < 1.29 is 22.4 Å². The summed E-state index contributed by atoms with van der Waals surface area (Å²) in [5.74, 6) is -1.14. The van der Waals surface area contributed by atoms with Crippen molar-refractivity contribution in [2.24, 2.45) is 11.5 Å². The molecule has 0 saturated heterocycles. The molecular weight excluding hydrogens is 434 g/mol. The summed E-state index contributed by atoms with van der Waals surface area (Å²) >= 11 is 1.15. The van der Waals surface area contributed by atoms with E-state index in [2.05, 4.69) is 14.9 Å². The van der Waals surface area contributed by atoms with Crippen molar-refractivity contribution in [3.8, 4) is 0 Å². The molecule has 1 aromatic heterocycles. The molecule has 31 heavy (non-hydrogen) atoms. The number of halogens is 4. The molecule has 2 aromatic carbocycles. The van der Waals surface area contributed by atoms with Gasteiger partial charge in [-0.25, -0.2) is 4.39 Å². The number of amides is 1. The first-order chi connectivity index (χ1) is 14.6. The van der Waals surface area contributed by atoms with Crippen LogP contribution in [0, 0.1) is 5.82 Å². The Kier molecular flexibility index (Phi) is 8.60. The van der Waals surface area contributed by atoms with Crippen LogP contribution in [0.15, 0.2) is 47.8 Å². The Balaban J connectivity index is 0.000000225. The van der Waals surface area contributed by atoms with Crippen LogP contribution in [0.3, 0.4) is 0 Å². The van der Waals surface area contributed by atoms with E-state index >= 15 is 0 Å². The summed E-state index contributed by atoms with van der Waals surface area (Å²) in [5.41, 5.74) is 12.3. The number of nitrogens with two attached hydrogens (primary N) is 2. The summed E-state index contributed by atoms with van der Waals surface area (Å²) in [6.07, 6.45) is -4.27. The molecule has 0 saturated carbocycles. The maximum Gasteiger partial charge on any atom is 0.416 e. The average molecular weight is 455 g/mol. The van der Waals surface area contributed by atoms with Gasteiger partial charge in [-0.2, -0.15) is 13.2 Å². The molecular formula is C20H21F4N5OS. The van der Waals surface area contributed by atoms with Gasteiger partial charge in [0.25, 0.3) is 5.91 Å². The van der Waals surface area contributed by atoms with Gasteiger partial charge >= 0.3 is 6.18 Å². The highest BCUT2D eigenvalue weighted by Crippen LogP contribution is 2.30. The van der Waals surface area contributed by atoms with Gasteiger partial charge in [-0.1, -0.05) is 16.6 Å². The number of hydrogen-bond donors (Lipinski definition) is 3. The van der Waals surface area contributed by atoms with Gasteiger partial charge in [0, 0.05) is 17.1 Å². The molecule has 0 aliphatic heterocycles. The Morgan fingerprint density at radius 2 is 1.87 bits per heavy atom. The summed E-state index contributed by atoms with van der Waals surface area (Å²) in [5, 5.41) is 8.03. The van der Waals surface area contributed by atoms with Crippen LogP contribution in [0.2, 0.25) is 0 Å². The molecule has 11 heteroatoms. The van der Waals surface area contributed by atoms with E-state index in [1.165, 1.54) is 0 Å². The zero-order valence-electron chi connectivity index (χ0n) is 16.5. The number of aromatic nitrogens is 2. The second-order valence-electron chi connectivity index (χ2n) is 6.54. The van der Waals surface area contributed by atoms with Gasteiger partial charge in [0.2, 0.25) is 0 Å². The molecule has 0 bridgehead atoms. The minimum absolute atomic E-state index is 0.0116. The Labute approximate surface area is 180 Å². The van der Waals surface area contributed by atoms with E-state index in [0.717, 1.165) is 29.2 Å². The van der Waals surface area contributed by atoms with Crippen molar-refractivity contribution in [1.29, 1.82) is 0 Å². The number of nitrogens with zero attached hydrogens (tertiary/aromatic N) is 2. The SMILES string of the molecule is C[C@H](N)c1ccc(NC(=O)c2csnn2)cc1.NCCc1cc(F)cc(C(F)(F)F)c1. The highest BCUT2D eigenvalue weighted by molar-refractivity contribution is 7.03. The predicted octanol–water partition coefficient (Wildman–Crippen LogP) is 4.16. The Hall–Kier alpha value is -2.89. The van der Waals surface area contributed by atoms with Crippen molar-refractivity contribution in [1.82, 2.24) is 9.59 Å². The topological polar surface area (TPSA) is 107 Å². The summed E-state index contributed by atoms with van der Waals surface area (Å²) in [4.78, 5) is 11.7. The minimum atomic E-state index is -4.51. The number of carbonyl (C=O) groups excluding carboxylic acids is 1. The molecule has 3 aromatic rings. The zero-order valence-corrected chi connectivity index (χ0v) is 17.3. The second kappa shape index (κ2) is 10.9. The van der Waals surface area contributed by atoms with Crippen LogP contribution in [0.5, 0.6) is 0 Å². The number of carbonyl (C=O) groups is 1. The summed E-state index contributed by atoms with van der Waals surface area (Å²) in [6, 6.07) is 9.84. The van der Waals surface area contributed by atoms with Crippen LogP contribution in [0.4, 0.5) is 23.2 Å². The molecule has 1 heterocycles. The fourth-order valence-corrected chi connectivity index (χ4v) is 2.89. The maximum absolute atomic E-state index is 12.7. The Bertz CT molecular complexity index is 976. The molecule has 1 amide bonds. The molecule has 0 fully saturated rings. The Morgan fingerprint density at radius 1 is 1.19 bits per heavy atom. The normalized spacial score (nSPS) is 12.0. The molecule has 3 rings (SSSR count). The van der Waals surface area contributed by atoms with Crippen LogP contribution in [-0.4, -0.2) is 22.0 Å². The van der Waals surface area contributed by atoms with E-state index in [9.17, 15) is 22.4 Å². The van der Waals surface area contributed by atoms with E-state index in [-0.39, 0.29) is 30.5 Å². The molecule has 0 radical (unpaired) electrons. The standard InChI is InChI=1S/C11H12N4OS.C9H9F4N/c1-7(12)8-2-4-9(5-3-8)13-11(16)10-6-17-15-14-10;10-8-4-6(1-2-14)3-7(5-8)9(11,12)13/h2-7H,12H2,1H3,(H,13,16);3-5H,1-2,14H2/t7-;/m0./s1. The summed E-state index contributed by atoms with van der Waals surface area (Å²) in [7, 11) is 0. The lowest BCUT2D eigenvalue weighted by atomic mass is 10.1. The lowest BCUT2D eigenvalue weighted by Crippen LogP contribution is -2.12. The highest BCUT2D eigenvalue weighted by Gasteiger charge is 2.31. The Morgan fingerprint density at radius 3 is 2.39 bits per heavy atom. The number of nitrogens with one attached hydrogen (secondary N) is 1. The van der Waals surface area contributed by atoms with Gasteiger partial charge in [0.1, 0.15) is 5.82 Å². The van der Waals surface area contributed by atoms with Crippen LogP contribution in [0.25, 0.3) is 0 Å². The molecule has 0 unspecified atom stereocenters. The van der Waals surface area contributed by atoms with Gasteiger partial charge in [-0.05, 0) is 72.9 Å². The van der Waals surface area contributed by atoms with Crippen molar-refractivity contribution in [3.05, 3.63) is 76.0 Å². The molecule has 166 valence electrons. The van der Waals surface area contributed by atoms with Gasteiger partial charge < -0.3 is 16.8 Å². The third-order valence-corrected chi connectivity index (χ3v) is 4.51. The maximum atomic E-state index is 12.7. The highest BCUT2D eigenvalue weighted by atomic mass is 32.1. The first kappa shape index (κ1) is 24.4. The average Bonchev–Trinajstić information content (AvgIpc) is 3.23. The monoisotopic (exact) mass is 455 g/mol. The van der Waals surface area contributed by atoms with E-state index in [0.29, 0.717) is 17.4 Å². The molecule has 6 nitrogen and oxygen atoms in total. The van der Waals surface area contributed by atoms with Crippen LogP contribution in [0.1, 0.15) is 40.1 Å². The molecule has 0 spiro atoms. The molecule has 0 aliphatic rings. The zero-order chi connectivity index (χ0) is 23.0. The van der Waals surface area contributed by atoms with Gasteiger partial charge in [-0.15, -0.1) is 5.10 Å². The first-order valence-corrected chi connectivity index (χ1v) is 9.94. The van der Waals surface area contributed by atoms with Crippen LogP contribution >= 0.6 is 11.5 Å². The van der Waals surface area contributed by atoms with Crippen molar-refractivity contribution in [2.75, 3.05) is 11.9 Å². The van der Waals surface area contributed by atoms with Crippen molar-refractivity contribution in [3.63, 3.8) is 0 Å². The van der Waals surface area contributed by atoms with Gasteiger partial charge in [0.15, 0.2) is 5.69 Å². The second-order valence-corrected chi connectivity index (χ2v) is 7.15. The first-order valence-electron chi connectivity index (χ1n) is 9.11. The van der Waals surface area contributed by atoms with E-state index < -0.39 is 17.6 Å². The predicted molar refractivity (Wildman–Crippen MR) is 111 cm³/mol. The number of anilines is 1. The van der Waals surface area contributed by atoms with E-state index in [1.54, 1.807) is 5.38 Å². The molecule has 1 atom stereocenters. The van der Waals surface area contributed by atoms with Crippen LogP contribution < -0.4 is 16.8 Å².